The average molecular weight is 367 g/mol. The van der Waals surface area contributed by atoms with Crippen molar-refractivity contribution in [3.8, 4) is 5.82 Å². The fraction of sp³-hybridized carbons (Fsp3) is 0. The first-order valence-electron chi connectivity index (χ1n) is 3.62. The summed E-state index contributed by atoms with van der Waals surface area (Å²) in [5, 5.41) is 4.04. The van der Waals surface area contributed by atoms with Crippen molar-refractivity contribution in [1.29, 1.82) is 0 Å². The molecule has 0 unspecified atom stereocenters. The second-order valence-corrected chi connectivity index (χ2v) is 4.47. The Hall–Kier alpha value is -0.700. The summed E-state index contributed by atoms with van der Waals surface area (Å²) in [5.74, 6) is 0.528. The van der Waals surface area contributed by atoms with E-state index in [1.807, 2.05) is 22.6 Å². The quantitative estimate of drug-likeness (QED) is 0.774. The third-order valence-electron chi connectivity index (χ3n) is 1.55. The molecule has 7 heteroatoms. The zero-order chi connectivity index (χ0) is 10.1. The molecule has 0 amide bonds. The Morgan fingerprint density at radius 2 is 2.36 bits per heavy atom. The van der Waals surface area contributed by atoms with Crippen LogP contribution in [0.3, 0.4) is 0 Å². The number of halogens is 2. The predicted octanol–water partition coefficient (Wildman–Crippen LogP) is 1.32. The van der Waals surface area contributed by atoms with Crippen molar-refractivity contribution in [2.75, 3.05) is 0 Å². The molecular weight excluding hydrogens is 363 g/mol. The smallest absolute Gasteiger partial charge is 0.266 e. The van der Waals surface area contributed by atoms with Crippen molar-refractivity contribution < 1.29 is 0 Å². The summed E-state index contributed by atoms with van der Waals surface area (Å²) in [4.78, 5) is 17.8. The second-order valence-electron chi connectivity index (χ2n) is 2.47. The van der Waals surface area contributed by atoms with Gasteiger partial charge in [0.15, 0.2) is 5.82 Å². The van der Waals surface area contributed by atoms with Gasteiger partial charge in [-0.15, -0.1) is 0 Å². The first-order valence-corrected chi connectivity index (χ1v) is 5.49. The van der Waals surface area contributed by atoms with Crippen molar-refractivity contribution in [1.82, 2.24) is 19.7 Å². The van der Waals surface area contributed by atoms with Crippen LogP contribution in [0.15, 0.2) is 28.0 Å². The van der Waals surface area contributed by atoms with E-state index in [4.69, 9.17) is 0 Å². The number of H-pyrrole nitrogens is 1. The summed E-state index contributed by atoms with van der Waals surface area (Å²) >= 11 is 5.21. The molecule has 0 radical (unpaired) electrons. The minimum absolute atomic E-state index is 0.165. The predicted molar refractivity (Wildman–Crippen MR) is 62.4 cm³/mol. The molecular formula is C7H4BrIN4O. The third-order valence-corrected chi connectivity index (χ3v) is 2.93. The van der Waals surface area contributed by atoms with E-state index in [-0.39, 0.29) is 5.56 Å². The van der Waals surface area contributed by atoms with Crippen LogP contribution in [-0.2, 0) is 0 Å². The van der Waals surface area contributed by atoms with Crippen LogP contribution in [0.2, 0.25) is 0 Å². The number of nitrogens with zero attached hydrogens (tertiary/aromatic N) is 3. The first-order chi connectivity index (χ1) is 6.68. The van der Waals surface area contributed by atoms with Gasteiger partial charge in [0.2, 0.25) is 0 Å². The van der Waals surface area contributed by atoms with Gasteiger partial charge in [-0.2, -0.15) is 5.10 Å². The highest BCUT2D eigenvalue weighted by atomic mass is 127. The summed E-state index contributed by atoms with van der Waals surface area (Å²) < 4.78 is 2.90. The topological polar surface area (TPSA) is 63.6 Å². The molecule has 0 saturated carbocycles. The highest BCUT2D eigenvalue weighted by Gasteiger charge is 2.07. The monoisotopic (exact) mass is 366 g/mol. The number of hydrogen-bond acceptors (Lipinski definition) is 3. The van der Waals surface area contributed by atoms with Gasteiger partial charge in [-0.1, -0.05) is 0 Å². The Bertz CT molecular complexity index is 520. The Balaban J connectivity index is 2.63. The second kappa shape index (κ2) is 3.81. The number of hydrogen-bond donors (Lipinski definition) is 1. The van der Waals surface area contributed by atoms with Gasteiger partial charge in [0.25, 0.3) is 5.56 Å². The lowest BCUT2D eigenvalue weighted by molar-refractivity contribution is 0.827. The average Bonchev–Trinajstić information content (AvgIpc) is 2.57. The molecule has 0 aliphatic carbocycles. The normalized spacial score (nSPS) is 10.4. The summed E-state index contributed by atoms with van der Waals surface area (Å²) in [6, 6.07) is 0. The lowest BCUT2D eigenvalue weighted by Gasteiger charge is -2.00. The van der Waals surface area contributed by atoms with Crippen LogP contribution in [-0.4, -0.2) is 19.7 Å². The zero-order valence-corrected chi connectivity index (χ0v) is 10.5. The molecule has 2 rings (SSSR count). The minimum Gasteiger partial charge on any atom is -0.312 e. The molecule has 2 heterocycles. The van der Waals surface area contributed by atoms with E-state index in [2.05, 4.69) is 31.0 Å². The van der Waals surface area contributed by atoms with Gasteiger partial charge in [0, 0.05) is 6.20 Å². The van der Waals surface area contributed by atoms with Gasteiger partial charge in [-0.25, -0.2) is 9.67 Å². The number of rotatable bonds is 1. The highest BCUT2D eigenvalue weighted by molar-refractivity contribution is 14.1. The highest BCUT2D eigenvalue weighted by Crippen LogP contribution is 2.12. The molecule has 0 spiro atoms. The summed E-state index contributed by atoms with van der Waals surface area (Å²) in [7, 11) is 0. The molecule has 0 aliphatic heterocycles. The molecule has 5 nitrogen and oxygen atoms in total. The van der Waals surface area contributed by atoms with Crippen molar-refractivity contribution in [2.45, 2.75) is 0 Å². The van der Waals surface area contributed by atoms with Crippen LogP contribution in [0.5, 0.6) is 0 Å². The Labute approximate surface area is 101 Å². The van der Waals surface area contributed by atoms with E-state index in [1.54, 1.807) is 17.1 Å². The van der Waals surface area contributed by atoms with Gasteiger partial charge in [-0.3, -0.25) is 4.79 Å². The first kappa shape index (κ1) is 9.84. The third kappa shape index (κ3) is 1.73. The van der Waals surface area contributed by atoms with E-state index >= 15 is 0 Å². The standard InChI is InChI=1S/C7H4BrIN4O/c8-4-1-12-13(2-4)6-5(9)7(14)11-3-10-6/h1-3H,(H,10,11,14). The molecule has 2 aromatic heterocycles. The molecule has 0 fully saturated rings. The fourth-order valence-electron chi connectivity index (χ4n) is 0.950. The zero-order valence-electron chi connectivity index (χ0n) is 6.74. The molecule has 72 valence electrons. The lowest BCUT2D eigenvalue weighted by atomic mass is 10.6. The number of nitrogens with one attached hydrogen (secondary N) is 1. The number of aromatic nitrogens is 4. The van der Waals surface area contributed by atoms with Crippen molar-refractivity contribution in [3.63, 3.8) is 0 Å². The maximum Gasteiger partial charge on any atom is 0.266 e. The van der Waals surface area contributed by atoms with Crippen molar-refractivity contribution in [2.24, 2.45) is 0 Å². The Morgan fingerprint density at radius 3 is 3.00 bits per heavy atom. The van der Waals surface area contributed by atoms with E-state index in [9.17, 15) is 4.79 Å². The van der Waals surface area contributed by atoms with Crippen LogP contribution < -0.4 is 5.56 Å². The van der Waals surface area contributed by atoms with Crippen molar-refractivity contribution >= 4 is 38.5 Å². The fourth-order valence-corrected chi connectivity index (χ4v) is 1.78. The maximum absolute atomic E-state index is 11.3. The van der Waals surface area contributed by atoms with E-state index < -0.39 is 0 Å². The molecule has 0 atom stereocenters. The van der Waals surface area contributed by atoms with Gasteiger partial charge in [0.05, 0.1) is 17.0 Å². The molecule has 1 N–H and O–H groups in total. The lowest BCUT2D eigenvalue weighted by Crippen LogP contribution is -2.15. The number of aromatic amines is 1. The summed E-state index contributed by atoms with van der Waals surface area (Å²) in [5.41, 5.74) is -0.165. The largest absolute Gasteiger partial charge is 0.312 e. The van der Waals surface area contributed by atoms with Gasteiger partial charge in [-0.05, 0) is 38.5 Å². The van der Waals surface area contributed by atoms with E-state index in [1.165, 1.54) is 6.33 Å². The molecule has 0 aromatic carbocycles. The van der Waals surface area contributed by atoms with Crippen LogP contribution in [0.4, 0.5) is 0 Å². The van der Waals surface area contributed by atoms with E-state index in [0.717, 1.165) is 4.47 Å². The van der Waals surface area contributed by atoms with Gasteiger partial charge in [0.1, 0.15) is 3.57 Å². The molecule has 0 saturated heterocycles. The SMILES string of the molecule is O=c1[nH]cnc(-n2cc(Br)cn2)c1I. The molecule has 0 bridgehead atoms. The van der Waals surface area contributed by atoms with Crippen LogP contribution >= 0.6 is 38.5 Å². The summed E-state index contributed by atoms with van der Waals surface area (Å²) in [6.45, 7) is 0. The Kier molecular flexibility index (Phi) is 2.68. The van der Waals surface area contributed by atoms with Crippen molar-refractivity contribution in [3.05, 3.63) is 37.1 Å². The maximum atomic E-state index is 11.3. The van der Waals surface area contributed by atoms with Crippen LogP contribution in [0.25, 0.3) is 5.82 Å². The molecule has 14 heavy (non-hydrogen) atoms. The van der Waals surface area contributed by atoms with Crippen LogP contribution in [0, 0.1) is 3.57 Å². The van der Waals surface area contributed by atoms with Gasteiger partial charge >= 0.3 is 0 Å². The molecule has 0 aliphatic rings. The van der Waals surface area contributed by atoms with Gasteiger partial charge < -0.3 is 4.98 Å². The Morgan fingerprint density at radius 1 is 1.57 bits per heavy atom. The van der Waals surface area contributed by atoms with E-state index in [0.29, 0.717) is 9.39 Å². The van der Waals surface area contributed by atoms with Crippen LogP contribution in [0.1, 0.15) is 0 Å². The minimum atomic E-state index is -0.165. The summed E-state index contributed by atoms with van der Waals surface area (Å²) in [6.07, 6.45) is 4.73. The molecule has 2 aromatic rings.